The number of carbonyl (C=O) groups is 1. The fourth-order valence-electron chi connectivity index (χ4n) is 3.39. The van der Waals surface area contributed by atoms with Crippen molar-refractivity contribution in [3.8, 4) is 0 Å². The zero-order chi connectivity index (χ0) is 23.3. The van der Waals surface area contributed by atoms with Gasteiger partial charge in [-0.15, -0.1) is 0 Å². The van der Waals surface area contributed by atoms with Crippen molar-refractivity contribution in [3.05, 3.63) is 35.7 Å². The molecule has 0 unspecified atom stereocenters. The number of hydrogen-bond donors (Lipinski definition) is 1. The van der Waals surface area contributed by atoms with E-state index >= 15 is 0 Å². The Morgan fingerprint density at radius 1 is 1.22 bits per heavy atom. The Hall–Kier alpha value is -1.88. The molecule has 0 aliphatic carbocycles. The number of morpholine rings is 1. The summed E-state index contributed by atoms with van der Waals surface area (Å²) < 4.78 is 34.3. The van der Waals surface area contributed by atoms with E-state index in [1.165, 1.54) is 28.2 Å². The number of thioether (sulfide) groups is 1. The fourth-order valence-corrected chi connectivity index (χ4v) is 5.83. The van der Waals surface area contributed by atoms with Crippen molar-refractivity contribution < 1.29 is 17.9 Å². The van der Waals surface area contributed by atoms with E-state index in [2.05, 4.69) is 28.7 Å². The van der Waals surface area contributed by atoms with Gasteiger partial charge in [0.1, 0.15) is 0 Å². The molecule has 1 atom stereocenters. The minimum atomic E-state index is -3.55. The predicted octanol–water partition coefficient (Wildman–Crippen LogP) is 3.44. The van der Waals surface area contributed by atoms with E-state index in [1.54, 1.807) is 12.1 Å². The van der Waals surface area contributed by atoms with Gasteiger partial charge in [-0.05, 0) is 51.5 Å². The second-order valence-electron chi connectivity index (χ2n) is 7.86. The molecule has 1 aliphatic heterocycles. The Balaban J connectivity index is 1.64. The topological polar surface area (TPSA) is 93.5 Å². The van der Waals surface area contributed by atoms with Crippen LogP contribution >= 0.6 is 11.8 Å². The summed E-state index contributed by atoms with van der Waals surface area (Å²) in [5, 5.41) is 3.38. The van der Waals surface area contributed by atoms with Crippen LogP contribution < -0.4 is 5.32 Å². The maximum atomic E-state index is 12.8. The van der Waals surface area contributed by atoms with Crippen molar-refractivity contribution in [1.29, 1.82) is 0 Å². The molecule has 3 rings (SSSR count). The summed E-state index contributed by atoms with van der Waals surface area (Å²) in [5.41, 5.74) is 2.67. The van der Waals surface area contributed by atoms with Crippen LogP contribution in [0.3, 0.4) is 0 Å². The third-order valence-electron chi connectivity index (χ3n) is 5.54. The molecular weight excluding hydrogens is 448 g/mol. The normalized spacial score (nSPS) is 16.1. The van der Waals surface area contributed by atoms with E-state index in [4.69, 9.17) is 4.74 Å². The van der Waals surface area contributed by atoms with Crippen LogP contribution in [-0.4, -0.2) is 59.7 Å². The van der Waals surface area contributed by atoms with Gasteiger partial charge in [0.15, 0.2) is 5.16 Å². The number of nitrogens with one attached hydrogen (secondary N) is 1. The number of aromatic nitrogens is 2. The molecule has 8 nitrogen and oxygen atoms in total. The van der Waals surface area contributed by atoms with Gasteiger partial charge in [-0.1, -0.05) is 25.1 Å². The van der Waals surface area contributed by atoms with Crippen molar-refractivity contribution in [1.82, 2.24) is 13.9 Å². The van der Waals surface area contributed by atoms with Gasteiger partial charge < -0.3 is 14.6 Å². The molecule has 1 saturated heterocycles. The summed E-state index contributed by atoms with van der Waals surface area (Å²) in [5.74, 6) is -0.154. The van der Waals surface area contributed by atoms with Crippen molar-refractivity contribution in [2.24, 2.45) is 0 Å². The second kappa shape index (κ2) is 10.8. The Labute approximate surface area is 194 Å². The third kappa shape index (κ3) is 5.72. The van der Waals surface area contributed by atoms with E-state index in [0.717, 1.165) is 35.9 Å². The molecule has 2 heterocycles. The molecule has 1 amide bonds. The lowest BCUT2D eigenvalue weighted by Crippen LogP contribution is -2.40. The number of benzene rings is 1. The van der Waals surface area contributed by atoms with Crippen molar-refractivity contribution >= 4 is 33.4 Å². The molecule has 1 aliphatic rings. The van der Waals surface area contributed by atoms with Crippen LogP contribution in [0.15, 0.2) is 34.3 Å². The largest absolute Gasteiger partial charge is 0.379 e. The van der Waals surface area contributed by atoms with E-state index < -0.39 is 10.0 Å². The molecule has 32 heavy (non-hydrogen) atoms. The minimum absolute atomic E-state index is 0.154. The Morgan fingerprint density at radius 3 is 2.50 bits per heavy atom. The zero-order valence-electron chi connectivity index (χ0n) is 19.1. The fraction of sp³-hybridized carbons (Fsp3) is 0.545. The highest BCUT2D eigenvalue weighted by atomic mass is 32.2. The standard InChI is InChI=1S/C22H32N4O4S2/c1-5-6-11-26-17(3)16(2)23-22(26)31-18(4)21(27)24-19-7-9-20(10-8-19)32(28,29)25-12-14-30-15-13-25/h7-10,18H,5-6,11-15H2,1-4H3,(H,24,27)/t18-/m0/s1. The molecule has 0 spiro atoms. The number of ether oxygens (including phenoxy) is 1. The highest BCUT2D eigenvalue weighted by Crippen LogP contribution is 2.27. The SMILES string of the molecule is CCCCn1c(S[C@@H](C)C(=O)Nc2ccc(S(=O)(=O)N3CCOCC3)cc2)nc(C)c1C. The second-order valence-corrected chi connectivity index (χ2v) is 11.1. The van der Waals surface area contributed by atoms with Gasteiger partial charge in [-0.2, -0.15) is 4.31 Å². The summed E-state index contributed by atoms with van der Waals surface area (Å²) in [4.78, 5) is 17.6. The molecule has 0 bridgehead atoms. The smallest absolute Gasteiger partial charge is 0.243 e. The number of hydrogen-bond acceptors (Lipinski definition) is 6. The number of aryl methyl sites for hydroxylation is 1. The number of sulfonamides is 1. The molecule has 1 N–H and O–H groups in total. The maximum absolute atomic E-state index is 12.8. The predicted molar refractivity (Wildman–Crippen MR) is 127 cm³/mol. The molecule has 1 aromatic carbocycles. The molecule has 1 aromatic heterocycles. The van der Waals surface area contributed by atoms with Crippen molar-refractivity contribution in [2.75, 3.05) is 31.6 Å². The number of amides is 1. The average molecular weight is 481 g/mol. The van der Waals surface area contributed by atoms with E-state index in [1.807, 2.05) is 13.8 Å². The van der Waals surface area contributed by atoms with Crippen LogP contribution in [0.25, 0.3) is 0 Å². The first-order chi connectivity index (χ1) is 15.2. The van der Waals surface area contributed by atoms with Gasteiger partial charge in [0, 0.05) is 31.0 Å². The monoisotopic (exact) mass is 480 g/mol. The number of anilines is 1. The first kappa shape index (κ1) is 24.8. The number of carbonyl (C=O) groups excluding carboxylic acids is 1. The lowest BCUT2D eigenvalue weighted by atomic mass is 10.3. The van der Waals surface area contributed by atoms with Crippen molar-refractivity contribution in [2.45, 2.75) is 62.4 Å². The summed E-state index contributed by atoms with van der Waals surface area (Å²) in [6, 6.07) is 6.31. The number of unbranched alkanes of at least 4 members (excludes halogenated alkanes) is 1. The molecular formula is C22H32N4O4S2. The van der Waals surface area contributed by atoms with E-state index in [0.29, 0.717) is 32.0 Å². The van der Waals surface area contributed by atoms with Crippen molar-refractivity contribution in [3.63, 3.8) is 0 Å². The first-order valence-electron chi connectivity index (χ1n) is 10.9. The maximum Gasteiger partial charge on any atom is 0.243 e. The molecule has 176 valence electrons. The van der Waals surface area contributed by atoms with Crippen LogP contribution in [0, 0.1) is 13.8 Å². The van der Waals surface area contributed by atoms with Gasteiger partial charge in [0.2, 0.25) is 15.9 Å². The third-order valence-corrected chi connectivity index (χ3v) is 8.54. The summed E-state index contributed by atoms with van der Waals surface area (Å²) in [7, 11) is -3.55. The first-order valence-corrected chi connectivity index (χ1v) is 13.2. The number of rotatable bonds is 9. The summed E-state index contributed by atoms with van der Waals surface area (Å²) in [6.07, 6.45) is 2.15. The van der Waals surface area contributed by atoms with Crippen LogP contribution in [-0.2, 0) is 26.1 Å². The van der Waals surface area contributed by atoms with Crippen LogP contribution in [0.4, 0.5) is 5.69 Å². The molecule has 10 heteroatoms. The Morgan fingerprint density at radius 2 is 1.88 bits per heavy atom. The molecule has 1 fully saturated rings. The Kier molecular flexibility index (Phi) is 8.37. The lowest BCUT2D eigenvalue weighted by molar-refractivity contribution is -0.115. The highest BCUT2D eigenvalue weighted by Gasteiger charge is 2.26. The molecule has 0 saturated carbocycles. The summed E-state index contributed by atoms with van der Waals surface area (Å²) >= 11 is 1.43. The van der Waals surface area contributed by atoms with Crippen LogP contribution in [0.5, 0.6) is 0 Å². The molecule has 2 aromatic rings. The van der Waals surface area contributed by atoms with Gasteiger partial charge >= 0.3 is 0 Å². The number of nitrogens with zero attached hydrogens (tertiary/aromatic N) is 3. The van der Waals surface area contributed by atoms with Crippen LogP contribution in [0.1, 0.15) is 38.1 Å². The minimum Gasteiger partial charge on any atom is -0.379 e. The number of imidazole rings is 1. The van der Waals surface area contributed by atoms with Gasteiger partial charge in [-0.25, -0.2) is 13.4 Å². The van der Waals surface area contributed by atoms with E-state index in [-0.39, 0.29) is 16.1 Å². The quantitative estimate of drug-likeness (QED) is 0.553. The van der Waals surface area contributed by atoms with Crippen LogP contribution in [0.2, 0.25) is 0 Å². The molecule has 0 radical (unpaired) electrons. The zero-order valence-corrected chi connectivity index (χ0v) is 20.8. The summed E-state index contributed by atoms with van der Waals surface area (Å²) in [6.45, 7) is 10.4. The highest BCUT2D eigenvalue weighted by molar-refractivity contribution is 8.00. The lowest BCUT2D eigenvalue weighted by Gasteiger charge is -2.26. The Bertz CT molecular complexity index is 1030. The average Bonchev–Trinajstić information content (AvgIpc) is 3.05. The van der Waals surface area contributed by atoms with Gasteiger partial charge in [-0.3, -0.25) is 4.79 Å². The van der Waals surface area contributed by atoms with Gasteiger partial charge in [0.05, 0.1) is 29.1 Å². The van der Waals surface area contributed by atoms with Gasteiger partial charge in [0.25, 0.3) is 0 Å². The van der Waals surface area contributed by atoms with E-state index in [9.17, 15) is 13.2 Å².